The van der Waals surface area contributed by atoms with Crippen LogP contribution in [0.15, 0.2) is 40.3 Å². The van der Waals surface area contributed by atoms with E-state index in [2.05, 4.69) is 13.8 Å². The number of hydrogen-bond donors (Lipinski definition) is 1. The van der Waals surface area contributed by atoms with Gasteiger partial charge in [-0.15, -0.1) is 11.3 Å². The highest BCUT2D eigenvalue weighted by molar-refractivity contribution is 7.99. The number of hydrogen-bond acceptors (Lipinski definition) is 6. The summed E-state index contributed by atoms with van der Waals surface area (Å²) in [5.74, 6) is 0.443. The fourth-order valence-electron chi connectivity index (χ4n) is 3.84. The molecule has 1 aliphatic heterocycles. The van der Waals surface area contributed by atoms with Crippen LogP contribution in [0, 0.1) is 6.92 Å². The van der Waals surface area contributed by atoms with Crippen molar-refractivity contribution in [2.45, 2.75) is 57.0 Å². The second kappa shape index (κ2) is 9.00. The number of nitrogens with zero attached hydrogens (tertiary/aromatic N) is 2. The Hall–Kier alpha value is -1.67. The molecule has 5 nitrogen and oxygen atoms in total. The van der Waals surface area contributed by atoms with Crippen LogP contribution in [0.2, 0.25) is 0 Å². The molecule has 0 unspecified atom stereocenters. The smallest absolute Gasteiger partial charge is 0.263 e. The van der Waals surface area contributed by atoms with Crippen LogP contribution >= 0.6 is 23.1 Å². The summed E-state index contributed by atoms with van der Waals surface area (Å²) in [5, 5.41) is 12.0. The first kappa shape index (κ1) is 20.6. The summed E-state index contributed by atoms with van der Waals surface area (Å²) in [6.07, 6.45) is 2.26. The fraction of sp³-hybridized carbons (Fsp3) is 0.455. The molecule has 1 aromatic carbocycles. The summed E-state index contributed by atoms with van der Waals surface area (Å²) in [6.45, 7) is 5.41. The van der Waals surface area contributed by atoms with Gasteiger partial charge in [-0.1, -0.05) is 49.0 Å². The minimum absolute atomic E-state index is 0.0170. The molecule has 3 heterocycles. The standard InChI is InChI=1S/C22H26N2O3S2/c1-3-17-14(2)29-20-19(17)21(26)24(12-16-10-7-11-27-16)22(23-20)28-13-18(25)15-8-5-4-6-9-15/h4-6,8-9,16,18,25H,3,7,10-13H2,1-2H3/t16-,18+/m1/s1. The molecule has 1 fully saturated rings. The summed E-state index contributed by atoms with van der Waals surface area (Å²) in [5.41, 5.74) is 1.99. The highest BCUT2D eigenvalue weighted by atomic mass is 32.2. The van der Waals surface area contributed by atoms with E-state index >= 15 is 0 Å². The first-order valence-corrected chi connectivity index (χ1v) is 11.9. The van der Waals surface area contributed by atoms with E-state index in [9.17, 15) is 9.90 Å². The Morgan fingerprint density at radius 1 is 1.38 bits per heavy atom. The molecule has 0 amide bonds. The first-order valence-electron chi connectivity index (χ1n) is 10.1. The van der Waals surface area contributed by atoms with Crippen LogP contribution in [0.5, 0.6) is 0 Å². The second-order valence-corrected chi connectivity index (χ2v) is 9.54. The average molecular weight is 431 g/mol. The molecule has 0 saturated carbocycles. The van der Waals surface area contributed by atoms with E-state index in [1.165, 1.54) is 11.8 Å². The van der Waals surface area contributed by atoms with Crippen LogP contribution in [0.4, 0.5) is 0 Å². The number of thioether (sulfide) groups is 1. The quantitative estimate of drug-likeness (QED) is 0.446. The molecule has 1 saturated heterocycles. The van der Waals surface area contributed by atoms with Crippen molar-refractivity contribution in [2.75, 3.05) is 12.4 Å². The van der Waals surface area contributed by atoms with Gasteiger partial charge < -0.3 is 9.84 Å². The van der Waals surface area contributed by atoms with Gasteiger partial charge in [-0.25, -0.2) is 4.98 Å². The van der Waals surface area contributed by atoms with Crippen LogP contribution in [-0.4, -0.2) is 33.1 Å². The van der Waals surface area contributed by atoms with Crippen LogP contribution in [0.25, 0.3) is 10.2 Å². The monoisotopic (exact) mass is 430 g/mol. The number of aromatic nitrogens is 2. The van der Waals surface area contributed by atoms with Crippen LogP contribution in [-0.2, 0) is 17.7 Å². The van der Waals surface area contributed by atoms with Crippen LogP contribution in [0.1, 0.15) is 41.9 Å². The number of benzene rings is 1. The average Bonchev–Trinajstić information content (AvgIpc) is 3.36. The summed E-state index contributed by atoms with van der Waals surface area (Å²) in [4.78, 5) is 20.2. The van der Waals surface area contributed by atoms with Crippen molar-refractivity contribution in [3.8, 4) is 0 Å². The predicted octanol–water partition coefficient (Wildman–Crippen LogP) is 4.33. The van der Waals surface area contributed by atoms with Gasteiger partial charge in [0, 0.05) is 17.2 Å². The fourth-order valence-corrected chi connectivity index (χ4v) is 5.98. The van der Waals surface area contributed by atoms with Crippen molar-refractivity contribution in [3.05, 3.63) is 56.7 Å². The van der Waals surface area contributed by atoms with E-state index in [4.69, 9.17) is 9.72 Å². The number of ether oxygens (including phenoxy) is 1. The summed E-state index contributed by atoms with van der Waals surface area (Å²) >= 11 is 3.02. The van der Waals surface area contributed by atoms with E-state index in [1.807, 2.05) is 30.3 Å². The lowest BCUT2D eigenvalue weighted by molar-refractivity contribution is 0.0937. The molecule has 0 aliphatic carbocycles. The predicted molar refractivity (Wildman–Crippen MR) is 119 cm³/mol. The normalized spacial score (nSPS) is 17.8. The molecular formula is C22H26N2O3S2. The number of thiophene rings is 1. The highest BCUT2D eigenvalue weighted by Crippen LogP contribution is 2.31. The largest absolute Gasteiger partial charge is 0.388 e. The van der Waals surface area contributed by atoms with Crippen molar-refractivity contribution < 1.29 is 9.84 Å². The van der Waals surface area contributed by atoms with E-state index < -0.39 is 6.10 Å². The lowest BCUT2D eigenvalue weighted by atomic mass is 10.1. The molecule has 0 bridgehead atoms. The van der Waals surface area contributed by atoms with Gasteiger partial charge in [0.05, 0.1) is 24.1 Å². The lowest BCUT2D eigenvalue weighted by Gasteiger charge is -2.17. The van der Waals surface area contributed by atoms with E-state index in [1.54, 1.807) is 15.9 Å². The third-order valence-electron chi connectivity index (χ3n) is 5.40. The molecule has 4 rings (SSSR count). The summed E-state index contributed by atoms with van der Waals surface area (Å²) in [7, 11) is 0. The molecule has 154 valence electrons. The van der Waals surface area contributed by atoms with Crippen molar-refractivity contribution >= 4 is 33.3 Å². The van der Waals surface area contributed by atoms with E-state index in [0.29, 0.717) is 17.5 Å². The van der Waals surface area contributed by atoms with Crippen molar-refractivity contribution in [2.24, 2.45) is 0 Å². The molecule has 1 aliphatic rings. The van der Waals surface area contributed by atoms with Gasteiger partial charge in [0.1, 0.15) is 4.83 Å². The zero-order valence-corrected chi connectivity index (χ0v) is 18.4. The SMILES string of the molecule is CCc1c(C)sc2nc(SC[C@H](O)c3ccccc3)n(C[C@H]3CCCO3)c(=O)c12. The van der Waals surface area contributed by atoms with Gasteiger partial charge in [0.2, 0.25) is 0 Å². The van der Waals surface area contributed by atoms with Gasteiger partial charge in [-0.2, -0.15) is 0 Å². The molecule has 1 N–H and O–H groups in total. The van der Waals surface area contributed by atoms with Crippen molar-refractivity contribution in [1.29, 1.82) is 0 Å². The van der Waals surface area contributed by atoms with Crippen LogP contribution in [0.3, 0.4) is 0 Å². The van der Waals surface area contributed by atoms with Crippen molar-refractivity contribution in [1.82, 2.24) is 9.55 Å². The molecule has 7 heteroatoms. The Morgan fingerprint density at radius 2 is 2.17 bits per heavy atom. The number of fused-ring (bicyclic) bond motifs is 1. The van der Waals surface area contributed by atoms with Gasteiger partial charge >= 0.3 is 0 Å². The molecular weight excluding hydrogens is 404 g/mol. The number of aliphatic hydroxyl groups is 1. The third kappa shape index (κ3) is 4.28. The van der Waals surface area contributed by atoms with Gasteiger partial charge in [0.15, 0.2) is 5.16 Å². The Balaban J connectivity index is 1.69. The minimum atomic E-state index is -0.610. The molecule has 2 aromatic heterocycles. The van der Waals surface area contributed by atoms with Gasteiger partial charge in [-0.3, -0.25) is 9.36 Å². The van der Waals surface area contributed by atoms with E-state index in [0.717, 1.165) is 52.1 Å². The number of aliphatic hydroxyl groups excluding tert-OH is 1. The zero-order valence-electron chi connectivity index (χ0n) is 16.8. The summed E-state index contributed by atoms with van der Waals surface area (Å²) < 4.78 is 7.56. The summed E-state index contributed by atoms with van der Waals surface area (Å²) in [6, 6.07) is 9.60. The molecule has 0 radical (unpaired) electrons. The maximum absolute atomic E-state index is 13.4. The molecule has 0 spiro atoms. The van der Waals surface area contributed by atoms with Gasteiger partial charge in [0.25, 0.3) is 5.56 Å². The number of rotatable bonds is 7. The second-order valence-electron chi connectivity index (χ2n) is 7.35. The molecule has 3 aromatic rings. The minimum Gasteiger partial charge on any atom is -0.388 e. The van der Waals surface area contributed by atoms with Gasteiger partial charge in [-0.05, 0) is 37.3 Å². The zero-order chi connectivity index (χ0) is 20.4. The Morgan fingerprint density at radius 3 is 2.86 bits per heavy atom. The Kier molecular flexibility index (Phi) is 6.39. The number of aryl methyl sites for hydroxylation is 2. The third-order valence-corrected chi connectivity index (χ3v) is 7.49. The van der Waals surface area contributed by atoms with Crippen molar-refractivity contribution in [3.63, 3.8) is 0 Å². The maximum Gasteiger partial charge on any atom is 0.263 e. The maximum atomic E-state index is 13.4. The highest BCUT2D eigenvalue weighted by Gasteiger charge is 2.23. The van der Waals surface area contributed by atoms with E-state index in [-0.39, 0.29) is 11.7 Å². The van der Waals surface area contributed by atoms with Crippen LogP contribution < -0.4 is 5.56 Å². The molecule has 29 heavy (non-hydrogen) atoms. The lowest BCUT2D eigenvalue weighted by Crippen LogP contribution is -2.29. The molecule has 2 atom stereocenters. The first-order chi connectivity index (χ1) is 14.1. The Bertz CT molecular complexity index is 1040. The topological polar surface area (TPSA) is 64.3 Å². The Labute approximate surface area is 178 Å².